The molecule has 0 atom stereocenters. The monoisotopic (exact) mass is 453 g/mol. The molecule has 2 fully saturated rings. The summed E-state index contributed by atoms with van der Waals surface area (Å²) in [6.45, 7) is 5.10. The second-order valence-corrected chi connectivity index (χ2v) is 8.45. The van der Waals surface area contributed by atoms with Crippen LogP contribution >= 0.6 is 0 Å². The Hall–Kier alpha value is -3.25. The van der Waals surface area contributed by atoms with Crippen LogP contribution in [-0.4, -0.2) is 48.0 Å². The zero-order chi connectivity index (χ0) is 23.4. The largest absolute Gasteiger partial charge is 0.453 e. The molecule has 1 saturated carbocycles. The highest BCUT2D eigenvalue weighted by molar-refractivity contribution is 6.08. The molecule has 0 aromatic carbocycles. The molecule has 2 N–H and O–H groups in total. The number of carbonyl (C=O) groups is 3. The van der Waals surface area contributed by atoms with Gasteiger partial charge in [0.15, 0.2) is 0 Å². The van der Waals surface area contributed by atoms with Crippen molar-refractivity contribution in [1.29, 1.82) is 0 Å². The minimum atomic E-state index is -4.73. The van der Waals surface area contributed by atoms with E-state index in [1.165, 1.54) is 13.8 Å². The number of rotatable bonds is 3. The fourth-order valence-electron chi connectivity index (χ4n) is 4.22. The number of amides is 4. The average Bonchev–Trinajstić information content (AvgIpc) is 3.23. The minimum absolute atomic E-state index is 0.237. The van der Waals surface area contributed by atoms with E-state index < -0.39 is 35.4 Å². The zero-order valence-electron chi connectivity index (χ0n) is 17.7. The summed E-state index contributed by atoms with van der Waals surface area (Å²) in [6, 6.07) is -0.703. The summed E-state index contributed by atoms with van der Waals surface area (Å²) >= 11 is 0. The molecular formula is C19H22F3N7O3. The lowest BCUT2D eigenvalue weighted by Gasteiger charge is -2.33. The summed E-state index contributed by atoms with van der Waals surface area (Å²) < 4.78 is 39.7. The number of nitrogens with zero attached hydrogens (tertiary/aromatic N) is 5. The van der Waals surface area contributed by atoms with Crippen molar-refractivity contribution in [2.75, 3.05) is 0 Å². The number of aromatic nitrogens is 4. The average molecular weight is 453 g/mol. The van der Waals surface area contributed by atoms with Gasteiger partial charge in [0, 0.05) is 17.0 Å². The predicted octanol–water partition coefficient (Wildman–Crippen LogP) is 1.83. The van der Waals surface area contributed by atoms with Gasteiger partial charge in [-0.05, 0) is 45.4 Å². The lowest BCUT2D eigenvalue weighted by molar-refractivity contribution is -0.144. The molecule has 2 aromatic rings. The molecule has 1 aliphatic carbocycles. The Morgan fingerprint density at radius 3 is 2.50 bits per heavy atom. The highest BCUT2D eigenvalue weighted by Gasteiger charge is 2.52. The van der Waals surface area contributed by atoms with E-state index >= 15 is 0 Å². The molecule has 13 heteroatoms. The second-order valence-electron chi connectivity index (χ2n) is 8.45. The topological polar surface area (TPSA) is 122 Å². The molecule has 1 spiro atoms. The molecule has 172 valence electrons. The zero-order valence-corrected chi connectivity index (χ0v) is 17.7. The van der Waals surface area contributed by atoms with Crippen LogP contribution in [-0.2, 0) is 22.2 Å². The normalized spacial score (nSPS) is 23.8. The van der Waals surface area contributed by atoms with Crippen molar-refractivity contribution >= 4 is 23.6 Å². The standard InChI is InChI=1S/C19H22F3N7O3/c1-9-4-6-18(7-5-9)15(31)29(17(32)25-18)26-13(30)8-12-10(2)23-16-24-14(19(20,21)22)27-28(16)11(12)3/h9H,4-8H2,1-3H3,(H,25,32)(H,26,30). The number of urea groups is 1. The molecule has 3 heterocycles. The summed E-state index contributed by atoms with van der Waals surface area (Å²) in [5.74, 6) is -2.30. The van der Waals surface area contributed by atoms with Gasteiger partial charge in [-0.3, -0.25) is 15.0 Å². The van der Waals surface area contributed by atoms with Crippen molar-refractivity contribution in [3.63, 3.8) is 0 Å². The number of hydrogen-bond acceptors (Lipinski definition) is 6. The van der Waals surface area contributed by atoms with Crippen molar-refractivity contribution in [3.05, 3.63) is 22.8 Å². The Labute approximate surface area is 180 Å². The minimum Gasteiger partial charge on any atom is -0.322 e. The van der Waals surface area contributed by atoms with Crippen LogP contribution in [0.1, 0.15) is 55.4 Å². The van der Waals surface area contributed by atoms with Crippen LogP contribution in [0.4, 0.5) is 18.0 Å². The molecule has 10 nitrogen and oxygen atoms in total. The molecule has 1 aliphatic heterocycles. The molecule has 4 rings (SSSR count). The first-order chi connectivity index (χ1) is 14.9. The SMILES string of the molecule is Cc1nc2nc(C(F)(F)F)nn2c(C)c1CC(=O)NN1C(=O)NC2(CCC(C)CC2)C1=O. The molecule has 2 aromatic heterocycles. The first-order valence-corrected chi connectivity index (χ1v) is 10.2. The van der Waals surface area contributed by atoms with E-state index in [2.05, 4.69) is 32.7 Å². The number of halogens is 3. The van der Waals surface area contributed by atoms with E-state index in [0.29, 0.717) is 35.0 Å². The van der Waals surface area contributed by atoms with Gasteiger partial charge >= 0.3 is 12.2 Å². The highest BCUT2D eigenvalue weighted by atomic mass is 19.4. The molecule has 0 radical (unpaired) electrons. The van der Waals surface area contributed by atoms with Crippen LogP contribution in [0.25, 0.3) is 5.78 Å². The lowest BCUT2D eigenvalue weighted by atomic mass is 9.77. The Morgan fingerprint density at radius 1 is 1.22 bits per heavy atom. The maximum Gasteiger partial charge on any atom is 0.453 e. The first-order valence-electron chi connectivity index (χ1n) is 10.2. The summed E-state index contributed by atoms with van der Waals surface area (Å²) in [6.07, 6.45) is -2.48. The van der Waals surface area contributed by atoms with Gasteiger partial charge in [0.05, 0.1) is 6.42 Å². The highest BCUT2D eigenvalue weighted by Crippen LogP contribution is 2.35. The van der Waals surface area contributed by atoms with Crippen LogP contribution in [0.3, 0.4) is 0 Å². The summed E-state index contributed by atoms with van der Waals surface area (Å²) in [5.41, 5.74) is 2.18. The van der Waals surface area contributed by atoms with Crippen molar-refractivity contribution < 1.29 is 27.6 Å². The number of imide groups is 1. The Balaban J connectivity index is 1.53. The predicted molar refractivity (Wildman–Crippen MR) is 103 cm³/mol. The third-order valence-corrected chi connectivity index (χ3v) is 6.17. The van der Waals surface area contributed by atoms with Gasteiger partial charge in [0.1, 0.15) is 5.54 Å². The number of hydrogen-bond donors (Lipinski definition) is 2. The third kappa shape index (κ3) is 3.65. The van der Waals surface area contributed by atoms with E-state index in [0.717, 1.165) is 17.4 Å². The number of alkyl halides is 3. The van der Waals surface area contributed by atoms with Gasteiger partial charge < -0.3 is 5.32 Å². The van der Waals surface area contributed by atoms with Gasteiger partial charge in [-0.15, -0.1) is 5.10 Å². The van der Waals surface area contributed by atoms with Crippen molar-refractivity contribution in [3.8, 4) is 0 Å². The molecule has 4 amide bonds. The number of fused-ring (bicyclic) bond motifs is 1. The molecule has 0 unspecified atom stereocenters. The number of carbonyl (C=O) groups excluding carboxylic acids is 3. The maximum atomic E-state index is 12.9. The van der Waals surface area contributed by atoms with Gasteiger partial charge in [-0.2, -0.15) is 23.2 Å². The van der Waals surface area contributed by atoms with Crippen molar-refractivity contribution in [1.82, 2.24) is 35.3 Å². The fraction of sp³-hybridized carbons (Fsp3) is 0.579. The van der Waals surface area contributed by atoms with Crippen LogP contribution < -0.4 is 10.7 Å². The third-order valence-electron chi connectivity index (χ3n) is 6.17. The summed E-state index contributed by atoms with van der Waals surface area (Å²) in [7, 11) is 0. The van der Waals surface area contributed by atoms with Gasteiger partial charge in [-0.25, -0.2) is 14.3 Å². The maximum absolute atomic E-state index is 12.9. The molecular weight excluding hydrogens is 431 g/mol. The summed E-state index contributed by atoms with van der Waals surface area (Å²) in [4.78, 5) is 45.3. The summed E-state index contributed by atoms with van der Waals surface area (Å²) in [5, 5.41) is 6.83. The second kappa shape index (κ2) is 7.41. The van der Waals surface area contributed by atoms with E-state index in [9.17, 15) is 27.6 Å². The molecule has 2 aliphatic rings. The lowest BCUT2D eigenvalue weighted by Crippen LogP contribution is -2.51. The molecule has 1 saturated heterocycles. The van der Waals surface area contributed by atoms with Crippen LogP contribution in [0, 0.1) is 19.8 Å². The Kier molecular flexibility index (Phi) is 5.09. The van der Waals surface area contributed by atoms with Crippen molar-refractivity contribution in [2.45, 2.75) is 64.6 Å². The first kappa shape index (κ1) is 22.0. The number of nitrogens with one attached hydrogen (secondary N) is 2. The van der Waals surface area contributed by atoms with E-state index in [1.54, 1.807) is 0 Å². The quantitative estimate of drug-likeness (QED) is 0.684. The fourth-order valence-corrected chi connectivity index (χ4v) is 4.22. The smallest absolute Gasteiger partial charge is 0.322 e. The van der Waals surface area contributed by atoms with E-state index in [4.69, 9.17) is 0 Å². The molecule has 32 heavy (non-hydrogen) atoms. The number of hydrazine groups is 1. The Morgan fingerprint density at radius 2 is 1.88 bits per heavy atom. The Bertz CT molecular complexity index is 1120. The van der Waals surface area contributed by atoms with Gasteiger partial charge in [0.2, 0.25) is 5.91 Å². The van der Waals surface area contributed by atoms with E-state index in [1.807, 2.05) is 0 Å². The van der Waals surface area contributed by atoms with Crippen LogP contribution in [0.15, 0.2) is 0 Å². The van der Waals surface area contributed by atoms with Crippen LogP contribution in [0.2, 0.25) is 0 Å². The van der Waals surface area contributed by atoms with Crippen molar-refractivity contribution in [2.24, 2.45) is 5.92 Å². The van der Waals surface area contributed by atoms with Crippen LogP contribution in [0.5, 0.6) is 0 Å². The number of aryl methyl sites for hydroxylation is 2. The van der Waals surface area contributed by atoms with Gasteiger partial charge in [-0.1, -0.05) is 6.92 Å². The van der Waals surface area contributed by atoms with Gasteiger partial charge in [0.25, 0.3) is 17.5 Å². The molecule has 0 bridgehead atoms. The van der Waals surface area contributed by atoms with E-state index in [-0.39, 0.29) is 17.9 Å².